The van der Waals surface area contributed by atoms with Crippen molar-refractivity contribution in [2.45, 2.75) is 68.6 Å². The third-order valence-corrected chi connectivity index (χ3v) is 4.30. The Kier molecular flexibility index (Phi) is 5.43. The van der Waals surface area contributed by atoms with Crippen LogP contribution < -0.4 is 0 Å². The number of likely N-dealkylation sites (tertiary alicyclic amines) is 1. The second kappa shape index (κ2) is 6.75. The highest BCUT2D eigenvalue weighted by molar-refractivity contribution is 5.01. The molecular weight excluding hydrogens is 297 g/mol. The summed E-state index contributed by atoms with van der Waals surface area (Å²) in [6, 6.07) is -0.502. The van der Waals surface area contributed by atoms with Gasteiger partial charge in [0.05, 0.1) is 6.04 Å². The van der Waals surface area contributed by atoms with Crippen molar-refractivity contribution >= 4 is 0 Å². The molecule has 124 valence electrons. The molecule has 8 atom stereocenters. The zero-order chi connectivity index (χ0) is 15.7. The van der Waals surface area contributed by atoms with E-state index in [2.05, 4.69) is 0 Å². The van der Waals surface area contributed by atoms with E-state index in [0.717, 1.165) is 12.8 Å². The van der Waals surface area contributed by atoms with Crippen LogP contribution in [0.1, 0.15) is 19.3 Å². The van der Waals surface area contributed by atoms with E-state index >= 15 is 0 Å². The number of alkyl halides is 5. The molecule has 0 spiro atoms. The summed E-state index contributed by atoms with van der Waals surface area (Å²) in [4.78, 5) is 1.76. The Morgan fingerprint density at radius 1 is 0.952 bits per heavy atom. The van der Waals surface area contributed by atoms with Crippen molar-refractivity contribution in [1.29, 1.82) is 0 Å². The highest BCUT2D eigenvalue weighted by atomic mass is 19.2. The SMILES string of the molecule is CN1CCCCC1[C@@H](O)OC1C(F)C(F)C(F)C(F)[C@@H]1F. The summed E-state index contributed by atoms with van der Waals surface area (Å²) >= 11 is 0. The average Bonchev–Trinajstić information content (AvgIpc) is 2.48. The van der Waals surface area contributed by atoms with Gasteiger partial charge in [-0.05, 0) is 26.4 Å². The molecule has 1 aliphatic carbocycles. The molecule has 1 heterocycles. The smallest absolute Gasteiger partial charge is 0.170 e. The summed E-state index contributed by atoms with van der Waals surface area (Å²) in [6.45, 7) is 0.678. The summed E-state index contributed by atoms with van der Waals surface area (Å²) in [5.74, 6) is 0. The molecule has 0 amide bonds. The molecule has 1 saturated carbocycles. The van der Waals surface area contributed by atoms with Crippen LogP contribution in [0.4, 0.5) is 22.0 Å². The highest BCUT2D eigenvalue weighted by Crippen LogP contribution is 2.34. The Bertz CT molecular complexity index is 335. The van der Waals surface area contributed by atoms with Gasteiger partial charge in [0, 0.05) is 0 Å². The van der Waals surface area contributed by atoms with E-state index in [9.17, 15) is 27.1 Å². The standard InChI is InChI=1S/C13H20F5NO2/c1-19-5-3-2-4-6(19)13(20)21-12-10(17)8(15)7(14)9(16)11(12)18/h6-13,20H,2-5H2,1H3/t6?,7?,8?,9?,10-,11?,12?,13-/m0/s1. The summed E-state index contributed by atoms with van der Waals surface area (Å²) < 4.78 is 71.8. The van der Waals surface area contributed by atoms with Crippen LogP contribution in [0, 0.1) is 0 Å². The van der Waals surface area contributed by atoms with Crippen molar-refractivity contribution in [2.75, 3.05) is 13.6 Å². The van der Waals surface area contributed by atoms with Gasteiger partial charge in [-0.2, -0.15) is 0 Å². The normalized spacial score (nSPS) is 47.3. The molecule has 3 nitrogen and oxygen atoms in total. The number of hydrogen-bond acceptors (Lipinski definition) is 3. The Labute approximate surface area is 120 Å². The zero-order valence-electron chi connectivity index (χ0n) is 11.6. The number of hydrogen-bond donors (Lipinski definition) is 1. The quantitative estimate of drug-likeness (QED) is 0.637. The molecule has 8 heteroatoms. The Morgan fingerprint density at radius 3 is 2.00 bits per heavy atom. The van der Waals surface area contributed by atoms with E-state index in [-0.39, 0.29) is 0 Å². The van der Waals surface area contributed by atoms with Crippen LogP contribution in [-0.2, 0) is 4.74 Å². The summed E-state index contributed by atoms with van der Waals surface area (Å²) in [5, 5.41) is 9.93. The van der Waals surface area contributed by atoms with Crippen molar-refractivity contribution in [3.63, 3.8) is 0 Å². The molecule has 0 radical (unpaired) electrons. The minimum atomic E-state index is -2.86. The largest absolute Gasteiger partial charge is 0.367 e. The molecule has 1 aliphatic heterocycles. The Morgan fingerprint density at radius 2 is 1.48 bits per heavy atom. The molecule has 0 aromatic carbocycles. The molecule has 6 unspecified atom stereocenters. The summed E-state index contributed by atoms with van der Waals surface area (Å²) in [6.07, 6.45) is -15.2. The third-order valence-electron chi connectivity index (χ3n) is 4.30. The fourth-order valence-corrected chi connectivity index (χ4v) is 2.93. The van der Waals surface area contributed by atoms with E-state index in [0.29, 0.717) is 13.0 Å². The highest BCUT2D eigenvalue weighted by Gasteiger charge is 2.55. The van der Waals surface area contributed by atoms with Gasteiger partial charge in [-0.15, -0.1) is 0 Å². The molecule has 21 heavy (non-hydrogen) atoms. The molecule has 0 aromatic rings. The molecule has 1 N–H and O–H groups in total. The second-order valence-electron chi connectivity index (χ2n) is 5.76. The molecule has 2 aliphatic rings. The van der Waals surface area contributed by atoms with Crippen LogP contribution in [0.3, 0.4) is 0 Å². The predicted octanol–water partition coefficient (Wildman–Crippen LogP) is 1.88. The maximum absolute atomic E-state index is 13.7. The zero-order valence-corrected chi connectivity index (χ0v) is 11.6. The predicted molar refractivity (Wildman–Crippen MR) is 65.6 cm³/mol. The van der Waals surface area contributed by atoms with E-state index in [1.807, 2.05) is 0 Å². The molecule has 2 rings (SSSR count). The molecule has 0 aromatic heterocycles. The van der Waals surface area contributed by atoms with Crippen LogP contribution in [0.2, 0.25) is 0 Å². The Balaban J connectivity index is 2.02. The van der Waals surface area contributed by atoms with Gasteiger partial charge in [0.15, 0.2) is 37.1 Å². The van der Waals surface area contributed by atoms with Crippen molar-refractivity contribution in [3.05, 3.63) is 0 Å². The van der Waals surface area contributed by atoms with Gasteiger partial charge in [-0.1, -0.05) is 6.42 Å². The van der Waals surface area contributed by atoms with Gasteiger partial charge in [-0.3, -0.25) is 4.90 Å². The fourth-order valence-electron chi connectivity index (χ4n) is 2.93. The van der Waals surface area contributed by atoms with Crippen molar-refractivity contribution < 1.29 is 31.8 Å². The van der Waals surface area contributed by atoms with Crippen molar-refractivity contribution in [1.82, 2.24) is 4.90 Å². The maximum Gasteiger partial charge on any atom is 0.170 e. The average molecular weight is 317 g/mol. The van der Waals surface area contributed by atoms with E-state index in [4.69, 9.17) is 4.74 Å². The van der Waals surface area contributed by atoms with Crippen LogP contribution >= 0.6 is 0 Å². The summed E-state index contributed by atoms with van der Waals surface area (Å²) in [7, 11) is 1.71. The first-order valence-corrected chi connectivity index (χ1v) is 7.08. The second-order valence-corrected chi connectivity index (χ2v) is 5.76. The first kappa shape index (κ1) is 16.9. The lowest BCUT2D eigenvalue weighted by molar-refractivity contribution is -0.232. The van der Waals surface area contributed by atoms with Crippen LogP contribution in [0.25, 0.3) is 0 Å². The minimum absolute atomic E-state index is 0.502. The number of ether oxygens (including phenoxy) is 1. The molecular formula is C13H20F5NO2. The van der Waals surface area contributed by atoms with Gasteiger partial charge < -0.3 is 9.84 Å². The third kappa shape index (κ3) is 3.32. The van der Waals surface area contributed by atoms with Crippen molar-refractivity contribution in [3.8, 4) is 0 Å². The van der Waals surface area contributed by atoms with Crippen molar-refractivity contribution in [2.24, 2.45) is 0 Å². The first-order chi connectivity index (χ1) is 9.84. The fraction of sp³-hybridized carbons (Fsp3) is 1.00. The van der Waals surface area contributed by atoms with Gasteiger partial charge >= 0.3 is 0 Å². The maximum atomic E-state index is 13.7. The number of piperidine rings is 1. The van der Waals surface area contributed by atoms with Gasteiger partial charge in [0.25, 0.3) is 0 Å². The number of rotatable bonds is 3. The van der Waals surface area contributed by atoms with Gasteiger partial charge in [0.1, 0.15) is 6.10 Å². The molecule has 1 saturated heterocycles. The lowest BCUT2D eigenvalue weighted by Crippen LogP contribution is -2.59. The monoisotopic (exact) mass is 317 g/mol. The van der Waals surface area contributed by atoms with E-state index < -0.39 is 49.3 Å². The molecule has 2 fully saturated rings. The first-order valence-electron chi connectivity index (χ1n) is 7.08. The van der Waals surface area contributed by atoms with Gasteiger partial charge in [-0.25, -0.2) is 22.0 Å². The van der Waals surface area contributed by atoms with Crippen LogP contribution in [-0.4, -0.2) is 72.9 Å². The number of halogens is 5. The van der Waals surface area contributed by atoms with Crippen LogP contribution in [0.15, 0.2) is 0 Å². The van der Waals surface area contributed by atoms with E-state index in [1.165, 1.54) is 0 Å². The summed E-state index contributed by atoms with van der Waals surface area (Å²) in [5.41, 5.74) is 0. The number of likely N-dealkylation sites (N-methyl/N-ethyl adjacent to an activating group) is 1. The molecule has 0 bridgehead atoms. The lowest BCUT2D eigenvalue weighted by atomic mass is 9.89. The number of nitrogens with zero attached hydrogens (tertiary/aromatic N) is 1. The minimum Gasteiger partial charge on any atom is -0.367 e. The van der Waals surface area contributed by atoms with E-state index in [1.54, 1.807) is 11.9 Å². The topological polar surface area (TPSA) is 32.7 Å². The van der Waals surface area contributed by atoms with Crippen LogP contribution in [0.5, 0.6) is 0 Å². The lowest BCUT2D eigenvalue weighted by Gasteiger charge is -2.40. The number of aliphatic hydroxyl groups is 1. The number of aliphatic hydroxyl groups excluding tert-OH is 1. The van der Waals surface area contributed by atoms with Gasteiger partial charge in [0.2, 0.25) is 0 Å². The Hall–Kier alpha value is -0.470.